The van der Waals surface area contributed by atoms with Crippen molar-refractivity contribution in [1.29, 1.82) is 0 Å². The molecule has 0 N–H and O–H groups in total. The van der Waals surface area contributed by atoms with Crippen LogP contribution >= 0.6 is 0 Å². The second kappa shape index (κ2) is 12.0. The lowest BCUT2D eigenvalue weighted by Crippen LogP contribution is -2.28. The normalized spacial score (nSPS) is 23.3. The van der Waals surface area contributed by atoms with Gasteiger partial charge >= 0.3 is 53.7 Å². The van der Waals surface area contributed by atoms with Crippen molar-refractivity contribution in [3.63, 3.8) is 0 Å². The molecular weight excluding hydrogens is 712 g/mol. The number of hydrogen-bond acceptors (Lipinski definition) is 16. The number of fused-ring (bicyclic) bond motifs is 9. The molecule has 2 bridgehead atoms. The van der Waals surface area contributed by atoms with Crippen LogP contribution in [-0.4, -0.2) is 53.7 Å². The van der Waals surface area contributed by atoms with Crippen LogP contribution in [0.5, 0.6) is 11.5 Å². The smallest absolute Gasteiger partial charge is 0.347 e. The predicted molar refractivity (Wildman–Crippen MR) is 173 cm³/mol. The molecule has 4 unspecified atom stereocenters. The standard InChI is InChI=1S/C17H8O6.C11H4O5.C10H8O5/c1-8-11-4-2-9(6-13(11)16(19)21-8)22-10-3-5-12-14(7-10)17(20)23-15(12)18;1-4-5-2-7-8(11(14)16-10(7)13)3-6(5)9(12)15-4;1-3-4-2-5(8(11)14-3)7-6(4)9(12)15-10(7)13/h2-7H,1H2;2-3H,1H2;4-7H,1-2H2. The second-order valence-corrected chi connectivity index (χ2v) is 12.6. The van der Waals surface area contributed by atoms with Crippen molar-refractivity contribution in [1.82, 2.24) is 0 Å². The lowest BCUT2D eigenvalue weighted by molar-refractivity contribution is -0.160. The molecule has 7 aliphatic rings. The van der Waals surface area contributed by atoms with Crippen molar-refractivity contribution in [3.05, 3.63) is 119 Å². The highest BCUT2D eigenvalue weighted by Crippen LogP contribution is 2.52. The van der Waals surface area contributed by atoms with Gasteiger partial charge in [0.1, 0.15) is 28.8 Å². The highest BCUT2D eigenvalue weighted by atomic mass is 16.6. The first-order valence-electron chi connectivity index (χ1n) is 15.9. The number of esters is 9. The highest BCUT2D eigenvalue weighted by Gasteiger charge is 2.63. The third kappa shape index (κ3) is 5.26. The van der Waals surface area contributed by atoms with Crippen molar-refractivity contribution < 1.29 is 76.3 Å². The third-order valence-corrected chi connectivity index (χ3v) is 9.55. The summed E-state index contributed by atoms with van der Waals surface area (Å²) in [5.74, 6) is -5.95. The number of rotatable bonds is 2. The Kier molecular flexibility index (Phi) is 7.51. The predicted octanol–water partition coefficient (Wildman–Crippen LogP) is 4.08. The Hall–Kier alpha value is -7.49. The summed E-state index contributed by atoms with van der Waals surface area (Å²) >= 11 is 0. The van der Waals surface area contributed by atoms with E-state index in [2.05, 4.69) is 33.9 Å². The van der Waals surface area contributed by atoms with Crippen LogP contribution < -0.4 is 4.74 Å². The SMILES string of the molecule is C=C1OC(=O)C2CC1C1C(=O)OC(=O)C21.C=C1OC(=O)c2cc(Oc3ccc4c(c3)C(=O)OC4=O)ccc21.C=C1OC(=O)c2cc3c(cc21)C(=O)OC3=O. The van der Waals surface area contributed by atoms with Crippen LogP contribution in [0.3, 0.4) is 0 Å². The lowest BCUT2D eigenvalue weighted by Gasteiger charge is -2.22. The molecule has 268 valence electrons. The van der Waals surface area contributed by atoms with E-state index < -0.39 is 71.5 Å². The average Bonchev–Trinajstić information content (AvgIpc) is 3.93. The summed E-state index contributed by atoms with van der Waals surface area (Å²) in [6.07, 6.45) is 0.480. The van der Waals surface area contributed by atoms with Crippen LogP contribution in [0.15, 0.2) is 74.0 Å². The molecule has 0 radical (unpaired) electrons. The fraction of sp³-hybridized carbons (Fsp3) is 0.132. The molecule has 16 heteroatoms. The van der Waals surface area contributed by atoms with Gasteiger partial charge in [-0.25, -0.2) is 28.8 Å². The highest BCUT2D eigenvalue weighted by molar-refractivity contribution is 6.17. The molecule has 0 spiro atoms. The van der Waals surface area contributed by atoms with Crippen LogP contribution in [-0.2, 0) is 42.8 Å². The molecule has 54 heavy (non-hydrogen) atoms. The van der Waals surface area contributed by atoms with E-state index >= 15 is 0 Å². The maximum Gasteiger partial charge on any atom is 0.347 e. The zero-order valence-electron chi connectivity index (χ0n) is 27.3. The largest absolute Gasteiger partial charge is 0.457 e. The minimum atomic E-state index is -0.742. The molecule has 3 aromatic rings. The molecule has 10 rings (SSSR count). The Morgan fingerprint density at radius 3 is 1.44 bits per heavy atom. The minimum Gasteiger partial charge on any atom is -0.457 e. The molecule has 6 heterocycles. The number of hydrogen-bond donors (Lipinski definition) is 0. The molecule has 3 aromatic carbocycles. The summed E-state index contributed by atoms with van der Waals surface area (Å²) in [6, 6.07) is 12.0. The van der Waals surface area contributed by atoms with Gasteiger partial charge in [-0.15, -0.1) is 0 Å². The fourth-order valence-corrected chi connectivity index (χ4v) is 7.02. The molecule has 3 fully saturated rings. The van der Waals surface area contributed by atoms with Gasteiger partial charge < -0.3 is 33.2 Å². The zero-order chi connectivity index (χ0) is 38.3. The minimum absolute atomic E-state index is 0.0930. The van der Waals surface area contributed by atoms with Crippen LogP contribution in [0, 0.1) is 23.7 Å². The summed E-state index contributed by atoms with van der Waals surface area (Å²) in [7, 11) is 0. The average molecular weight is 733 g/mol. The molecule has 4 atom stereocenters. The molecule has 1 aliphatic carbocycles. The van der Waals surface area contributed by atoms with Crippen LogP contribution in [0.1, 0.15) is 79.7 Å². The maximum absolute atomic E-state index is 11.7. The van der Waals surface area contributed by atoms with Gasteiger partial charge in [-0.3, -0.25) is 14.4 Å². The van der Waals surface area contributed by atoms with Crippen LogP contribution in [0.2, 0.25) is 0 Å². The van der Waals surface area contributed by atoms with Gasteiger partial charge in [0.25, 0.3) is 0 Å². The van der Waals surface area contributed by atoms with E-state index in [1.807, 2.05) is 0 Å². The van der Waals surface area contributed by atoms with E-state index in [1.54, 1.807) is 18.2 Å². The molecule has 6 aliphatic heterocycles. The topological polar surface area (TPSA) is 218 Å². The quantitative estimate of drug-likeness (QED) is 0.206. The van der Waals surface area contributed by atoms with Gasteiger partial charge in [0.2, 0.25) is 0 Å². The van der Waals surface area contributed by atoms with Gasteiger partial charge in [0, 0.05) is 17.0 Å². The molecule has 16 nitrogen and oxygen atoms in total. The van der Waals surface area contributed by atoms with Gasteiger partial charge in [-0.2, -0.15) is 0 Å². The van der Waals surface area contributed by atoms with Gasteiger partial charge in [0.15, 0.2) is 0 Å². The first-order chi connectivity index (χ1) is 25.7. The first-order valence-corrected chi connectivity index (χ1v) is 15.9. The van der Waals surface area contributed by atoms with Crippen molar-refractivity contribution in [2.75, 3.05) is 0 Å². The first kappa shape index (κ1) is 33.6. The fourth-order valence-electron chi connectivity index (χ4n) is 7.02. The number of allylic oxidation sites excluding steroid dienone is 1. The van der Waals surface area contributed by atoms with Crippen molar-refractivity contribution in [2.45, 2.75) is 6.42 Å². The zero-order valence-corrected chi connectivity index (χ0v) is 27.3. The van der Waals surface area contributed by atoms with E-state index in [0.717, 1.165) is 0 Å². The summed E-state index contributed by atoms with van der Waals surface area (Å²) in [4.78, 5) is 103. The van der Waals surface area contributed by atoms with Crippen LogP contribution in [0.25, 0.3) is 11.5 Å². The van der Waals surface area contributed by atoms with Gasteiger partial charge in [0.05, 0.1) is 51.1 Å². The summed E-state index contributed by atoms with van der Waals surface area (Å²) in [5, 5.41) is 0. The summed E-state index contributed by atoms with van der Waals surface area (Å²) in [5.41, 5.74) is 2.23. The Balaban J connectivity index is 0.000000118. The molecule has 0 aromatic heterocycles. The third-order valence-electron chi connectivity index (χ3n) is 9.55. The summed E-state index contributed by atoms with van der Waals surface area (Å²) < 4.78 is 33.7. The number of ether oxygens (including phenoxy) is 7. The Labute approximate surface area is 301 Å². The van der Waals surface area contributed by atoms with E-state index in [9.17, 15) is 43.2 Å². The van der Waals surface area contributed by atoms with E-state index in [4.69, 9.17) is 18.9 Å². The van der Waals surface area contributed by atoms with E-state index in [0.29, 0.717) is 40.4 Å². The van der Waals surface area contributed by atoms with Crippen molar-refractivity contribution >= 4 is 65.2 Å². The van der Waals surface area contributed by atoms with E-state index in [-0.39, 0.29) is 45.3 Å². The molecule has 2 saturated heterocycles. The Morgan fingerprint density at radius 1 is 0.426 bits per heavy atom. The monoisotopic (exact) mass is 732 g/mol. The Morgan fingerprint density at radius 2 is 0.852 bits per heavy atom. The number of cyclic esters (lactones) is 9. The van der Waals surface area contributed by atoms with E-state index in [1.165, 1.54) is 30.3 Å². The van der Waals surface area contributed by atoms with Gasteiger partial charge in [-0.1, -0.05) is 19.7 Å². The van der Waals surface area contributed by atoms with Gasteiger partial charge in [-0.05, 0) is 55.0 Å². The maximum atomic E-state index is 11.7. The summed E-state index contributed by atoms with van der Waals surface area (Å²) in [6.45, 7) is 10.8. The lowest BCUT2D eigenvalue weighted by atomic mass is 9.90. The Bertz CT molecular complexity index is 2230. The number of carbonyl (C=O) groups excluding carboxylic acids is 9. The van der Waals surface area contributed by atoms with Crippen molar-refractivity contribution in [3.8, 4) is 11.5 Å². The molecule has 1 saturated carbocycles. The van der Waals surface area contributed by atoms with Crippen molar-refractivity contribution in [2.24, 2.45) is 23.7 Å². The number of carbonyl (C=O) groups is 9. The number of benzene rings is 3. The molecular formula is C38H20O16. The molecule has 0 amide bonds. The second-order valence-electron chi connectivity index (χ2n) is 12.6. The van der Waals surface area contributed by atoms with Crippen LogP contribution in [0.4, 0.5) is 0 Å².